The van der Waals surface area contributed by atoms with E-state index in [4.69, 9.17) is 10.00 Å². The molecule has 1 heterocycles. The maximum Gasteiger partial charge on any atom is 0.141 e. The minimum absolute atomic E-state index is 0.472. The first-order chi connectivity index (χ1) is 8.01. The molecule has 0 bridgehead atoms. The number of para-hydroxylation sites is 1. The van der Waals surface area contributed by atoms with Gasteiger partial charge in [0.25, 0.3) is 0 Å². The third-order valence-electron chi connectivity index (χ3n) is 3.08. The highest BCUT2D eigenvalue weighted by Crippen LogP contribution is 2.27. The highest BCUT2D eigenvalue weighted by molar-refractivity contribution is 5.82. The van der Waals surface area contributed by atoms with Gasteiger partial charge in [-0.2, -0.15) is 5.26 Å². The number of methoxy groups -OCH3 is 1. The third kappa shape index (κ3) is 1.69. The Morgan fingerprint density at radius 3 is 2.71 bits per heavy atom. The molecule has 0 aliphatic carbocycles. The molecule has 17 heavy (non-hydrogen) atoms. The lowest BCUT2D eigenvalue weighted by molar-refractivity contribution is 0.00967. The van der Waals surface area contributed by atoms with Crippen LogP contribution >= 0.6 is 0 Å². The van der Waals surface area contributed by atoms with Gasteiger partial charge in [-0.25, -0.2) is 4.98 Å². The Bertz CT molecular complexity index is 605. The molecule has 88 valence electrons. The molecule has 1 aromatic heterocycles. The minimum atomic E-state index is -0.472. The van der Waals surface area contributed by atoms with Gasteiger partial charge < -0.3 is 9.30 Å². The van der Waals surface area contributed by atoms with Crippen molar-refractivity contribution in [2.24, 2.45) is 7.05 Å². The van der Waals surface area contributed by atoms with Gasteiger partial charge in [0.1, 0.15) is 23.0 Å². The Labute approximate surface area is 100 Å². The maximum atomic E-state index is 9.07. The summed E-state index contributed by atoms with van der Waals surface area (Å²) in [6.07, 6.45) is 0. The zero-order chi connectivity index (χ0) is 12.6. The van der Waals surface area contributed by atoms with Crippen LogP contribution in [0.15, 0.2) is 18.2 Å². The molecule has 0 amide bonds. The molecule has 1 aromatic carbocycles. The highest BCUT2D eigenvalue weighted by atomic mass is 16.5. The Hall–Kier alpha value is -1.86. The second-order valence-electron chi connectivity index (χ2n) is 4.49. The number of ether oxygens (including phenoxy) is 1. The van der Waals surface area contributed by atoms with E-state index in [9.17, 15) is 0 Å². The van der Waals surface area contributed by atoms with E-state index >= 15 is 0 Å². The molecule has 0 aliphatic rings. The van der Waals surface area contributed by atoms with Gasteiger partial charge in [0.05, 0.1) is 11.1 Å². The van der Waals surface area contributed by atoms with Crippen LogP contribution in [0.1, 0.15) is 25.2 Å². The maximum absolute atomic E-state index is 9.07. The molecular formula is C13H15N3O. The summed E-state index contributed by atoms with van der Waals surface area (Å²) in [5.41, 5.74) is 1.80. The van der Waals surface area contributed by atoms with E-state index in [1.54, 1.807) is 13.2 Å². The number of rotatable bonds is 2. The number of nitriles is 1. The number of nitrogens with zero attached hydrogens (tertiary/aromatic N) is 3. The van der Waals surface area contributed by atoms with Crippen molar-refractivity contribution in [2.75, 3.05) is 7.11 Å². The first-order valence-corrected chi connectivity index (χ1v) is 5.42. The van der Waals surface area contributed by atoms with Gasteiger partial charge in [-0.3, -0.25) is 0 Å². The summed E-state index contributed by atoms with van der Waals surface area (Å²) >= 11 is 0. The standard InChI is InChI=1S/C13H15N3O/c1-13(2,17-4)12-15-11-9(8-14)6-5-7-10(11)16(12)3/h5-7H,1-4H3. The number of aryl methyl sites for hydroxylation is 1. The minimum Gasteiger partial charge on any atom is -0.371 e. The summed E-state index contributed by atoms with van der Waals surface area (Å²) < 4.78 is 7.41. The predicted molar refractivity (Wildman–Crippen MR) is 65.5 cm³/mol. The second-order valence-corrected chi connectivity index (χ2v) is 4.49. The van der Waals surface area contributed by atoms with Crippen LogP contribution in [0.4, 0.5) is 0 Å². The van der Waals surface area contributed by atoms with Gasteiger partial charge in [-0.1, -0.05) is 6.07 Å². The van der Waals surface area contributed by atoms with Crippen molar-refractivity contribution in [3.63, 3.8) is 0 Å². The van der Waals surface area contributed by atoms with Gasteiger partial charge in [-0.05, 0) is 26.0 Å². The fourth-order valence-corrected chi connectivity index (χ4v) is 1.93. The van der Waals surface area contributed by atoms with E-state index in [0.717, 1.165) is 16.9 Å². The average molecular weight is 229 g/mol. The van der Waals surface area contributed by atoms with Gasteiger partial charge in [0, 0.05) is 14.2 Å². The number of benzene rings is 1. The van der Waals surface area contributed by atoms with Crippen LogP contribution in [0.25, 0.3) is 11.0 Å². The SMILES string of the molecule is COC(C)(C)c1nc2c(C#N)cccc2n1C. The summed E-state index contributed by atoms with van der Waals surface area (Å²) in [5, 5.41) is 9.07. The normalized spacial score (nSPS) is 11.7. The van der Waals surface area contributed by atoms with Crippen molar-refractivity contribution in [1.82, 2.24) is 9.55 Å². The van der Waals surface area contributed by atoms with Crippen molar-refractivity contribution >= 4 is 11.0 Å². The number of hydrogen-bond donors (Lipinski definition) is 0. The molecule has 2 aromatic rings. The van der Waals surface area contributed by atoms with Gasteiger partial charge in [0.2, 0.25) is 0 Å². The summed E-state index contributed by atoms with van der Waals surface area (Å²) in [6.45, 7) is 3.92. The number of imidazole rings is 1. The van der Waals surface area contributed by atoms with Crippen LogP contribution < -0.4 is 0 Å². The first kappa shape index (κ1) is 11.6. The van der Waals surface area contributed by atoms with E-state index in [1.807, 2.05) is 37.6 Å². The molecular weight excluding hydrogens is 214 g/mol. The molecule has 0 saturated carbocycles. The van der Waals surface area contributed by atoms with Crippen LogP contribution in [0.3, 0.4) is 0 Å². The lowest BCUT2D eigenvalue weighted by Gasteiger charge is -2.22. The fourth-order valence-electron chi connectivity index (χ4n) is 1.93. The molecule has 4 nitrogen and oxygen atoms in total. The molecule has 0 saturated heterocycles. The highest BCUT2D eigenvalue weighted by Gasteiger charge is 2.26. The summed E-state index contributed by atoms with van der Waals surface area (Å²) in [4.78, 5) is 4.54. The van der Waals surface area contributed by atoms with E-state index in [2.05, 4.69) is 11.1 Å². The molecule has 2 rings (SSSR count). The van der Waals surface area contributed by atoms with Crippen LogP contribution in [0.2, 0.25) is 0 Å². The van der Waals surface area contributed by atoms with Gasteiger partial charge >= 0.3 is 0 Å². The Kier molecular flexibility index (Phi) is 2.64. The quantitative estimate of drug-likeness (QED) is 0.794. The summed E-state index contributed by atoms with van der Waals surface area (Å²) in [6, 6.07) is 7.76. The lowest BCUT2D eigenvalue weighted by Crippen LogP contribution is -2.23. The summed E-state index contributed by atoms with van der Waals surface area (Å²) in [7, 11) is 3.59. The topological polar surface area (TPSA) is 50.8 Å². The number of fused-ring (bicyclic) bond motifs is 1. The van der Waals surface area contributed by atoms with Crippen molar-refractivity contribution in [1.29, 1.82) is 5.26 Å². The Morgan fingerprint density at radius 2 is 2.12 bits per heavy atom. The molecule has 4 heteroatoms. The number of aromatic nitrogens is 2. The van der Waals surface area contributed by atoms with Crippen molar-refractivity contribution in [3.05, 3.63) is 29.6 Å². The monoisotopic (exact) mass is 229 g/mol. The average Bonchev–Trinajstić information content (AvgIpc) is 2.68. The van der Waals surface area contributed by atoms with E-state index < -0.39 is 5.60 Å². The van der Waals surface area contributed by atoms with Gasteiger partial charge in [-0.15, -0.1) is 0 Å². The van der Waals surface area contributed by atoms with Gasteiger partial charge in [0.15, 0.2) is 0 Å². The van der Waals surface area contributed by atoms with Crippen molar-refractivity contribution in [2.45, 2.75) is 19.4 Å². The molecule has 0 unspecified atom stereocenters. The van der Waals surface area contributed by atoms with Crippen LogP contribution in [-0.4, -0.2) is 16.7 Å². The lowest BCUT2D eigenvalue weighted by atomic mass is 10.1. The molecule has 0 aliphatic heterocycles. The van der Waals surface area contributed by atoms with Crippen LogP contribution in [0, 0.1) is 11.3 Å². The smallest absolute Gasteiger partial charge is 0.141 e. The first-order valence-electron chi connectivity index (χ1n) is 5.42. The molecule has 0 fully saturated rings. The Morgan fingerprint density at radius 1 is 1.41 bits per heavy atom. The van der Waals surface area contributed by atoms with Crippen LogP contribution in [-0.2, 0) is 17.4 Å². The zero-order valence-corrected chi connectivity index (χ0v) is 10.5. The molecule has 0 spiro atoms. The fraction of sp³-hybridized carbons (Fsp3) is 0.385. The third-order valence-corrected chi connectivity index (χ3v) is 3.08. The second kappa shape index (κ2) is 3.86. The zero-order valence-electron chi connectivity index (χ0n) is 10.5. The molecule has 0 atom stereocenters. The molecule has 0 N–H and O–H groups in total. The van der Waals surface area contributed by atoms with Crippen molar-refractivity contribution in [3.8, 4) is 6.07 Å². The van der Waals surface area contributed by atoms with E-state index in [-0.39, 0.29) is 0 Å². The Balaban J connectivity index is 2.78. The number of hydrogen-bond acceptors (Lipinski definition) is 3. The molecule has 0 radical (unpaired) electrons. The van der Waals surface area contributed by atoms with Crippen LogP contribution in [0.5, 0.6) is 0 Å². The largest absolute Gasteiger partial charge is 0.371 e. The predicted octanol–water partition coefficient (Wildman–Crippen LogP) is 2.33. The van der Waals surface area contributed by atoms with E-state index in [1.165, 1.54) is 0 Å². The van der Waals surface area contributed by atoms with E-state index in [0.29, 0.717) is 5.56 Å². The summed E-state index contributed by atoms with van der Waals surface area (Å²) in [5.74, 6) is 0.817. The van der Waals surface area contributed by atoms with Crippen molar-refractivity contribution < 1.29 is 4.74 Å².